The molecule has 0 radical (unpaired) electrons. The fraction of sp³-hybridized carbons (Fsp3) is 0.462. The number of ether oxygens (including phenoxy) is 2. The number of benzene rings is 1. The summed E-state index contributed by atoms with van der Waals surface area (Å²) in [5.74, 6) is 1.67. The number of rotatable bonds is 2. The van der Waals surface area contributed by atoms with E-state index >= 15 is 0 Å². The molecule has 0 aromatic heterocycles. The summed E-state index contributed by atoms with van der Waals surface area (Å²) in [4.78, 5) is 11.3. The molecule has 1 heterocycles. The van der Waals surface area contributed by atoms with Gasteiger partial charge in [-0.2, -0.15) is 0 Å². The minimum absolute atomic E-state index is 0.144. The number of carbonyl (C=O) groups excluding carboxylic acids is 1. The van der Waals surface area contributed by atoms with Gasteiger partial charge in [0.05, 0.1) is 0 Å². The van der Waals surface area contributed by atoms with Crippen LogP contribution >= 0.6 is 0 Å². The van der Waals surface area contributed by atoms with Crippen molar-refractivity contribution in [2.45, 2.75) is 27.2 Å². The highest BCUT2D eigenvalue weighted by Crippen LogP contribution is 2.37. The Morgan fingerprint density at radius 1 is 1.31 bits per heavy atom. The summed E-state index contributed by atoms with van der Waals surface area (Å²) in [6, 6.07) is 1.98. The van der Waals surface area contributed by atoms with Crippen molar-refractivity contribution in [1.82, 2.24) is 0 Å². The second-order valence-corrected chi connectivity index (χ2v) is 4.20. The van der Waals surface area contributed by atoms with E-state index < -0.39 is 0 Å². The molecule has 1 aliphatic rings. The summed E-state index contributed by atoms with van der Waals surface area (Å²) in [5.41, 5.74) is 3.24. The van der Waals surface area contributed by atoms with Gasteiger partial charge in [0.1, 0.15) is 19.0 Å². The van der Waals surface area contributed by atoms with Crippen molar-refractivity contribution in [1.29, 1.82) is 0 Å². The molecule has 0 saturated heterocycles. The summed E-state index contributed by atoms with van der Waals surface area (Å²) in [5, 5.41) is 0. The predicted molar refractivity (Wildman–Crippen MR) is 61.3 cm³/mol. The lowest BCUT2D eigenvalue weighted by molar-refractivity contribution is -0.116. The molecule has 3 nitrogen and oxygen atoms in total. The quantitative estimate of drug-likeness (QED) is 0.766. The number of carbonyl (C=O) groups is 1. The number of hydrogen-bond donors (Lipinski definition) is 0. The van der Waals surface area contributed by atoms with Gasteiger partial charge in [-0.3, -0.25) is 4.79 Å². The Kier molecular flexibility index (Phi) is 2.86. The van der Waals surface area contributed by atoms with Crippen LogP contribution in [0.4, 0.5) is 0 Å². The van der Waals surface area contributed by atoms with Crippen molar-refractivity contribution < 1.29 is 14.3 Å². The minimum atomic E-state index is 0.144. The van der Waals surface area contributed by atoms with Crippen molar-refractivity contribution in [3.8, 4) is 11.5 Å². The van der Waals surface area contributed by atoms with E-state index in [-0.39, 0.29) is 5.78 Å². The molecular weight excluding hydrogens is 204 g/mol. The van der Waals surface area contributed by atoms with Crippen LogP contribution in [-0.2, 0) is 11.2 Å². The Balaban J connectivity index is 2.54. The molecule has 16 heavy (non-hydrogen) atoms. The van der Waals surface area contributed by atoms with Gasteiger partial charge >= 0.3 is 0 Å². The number of hydrogen-bond acceptors (Lipinski definition) is 3. The van der Waals surface area contributed by atoms with E-state index in [0.717, 1.165) is 28.2 Å². The zero-order valence-electron chi connectivity index (χ0n) is 9.92. The Morgan fingerprint density at radius 3 is 2.69 bits per heavy atom. The lowest BCUT2D eigenvalue weighted by Crippen LogP contribution is -2.18. The molecule has 0 atom stereocenters. The normalized spacial score (nSPS) is 13.7. The molecule has 0 fully saturated rings. The molecule has 0 N–H and O–H groups in total. The van der Waals surface area contributed by atoms with Crippen LogP contribution < -0.4 is 9.47 Å². The van der Waals surface area contributed by atoms with E-state index in [9.17, 15) is 4.79 Å². The maximum Gasteiger partial charge on any atom is 0.165 e. The fourth-order valence-electron chi connectivity index (χ4n) is 1.95. The Labute approximate surface area is 95.4 Å². The summed E-state index contributed by atoms with van der Waals surface area (Å²) < 4.78 is 11.2. The van der Waals surface area contributed by atoms with Gasteiger partial charge in [-0.25, -0.2) is 0 Å². The first kappa shape index (κ1) is 11.0. The van der Waals surface area contributed by atoms with Gasteiger partial charge in [0.15, 0.2) is 11.5 Å². The smallest absolute Gasteiger partial charge is 0.165 e. The third kappa shape index (κ3) is 1.90. The van der Waals surface area contributed by atoms with Gasteiger partial charge in [-0.15, -0.1) is 0 Å². The summed E-state index contributed by atoms with van der Waals surface area (Å²) in [7, 11) is 0. The van der Waals surface area contributed by atoms with Crippen LogP contribution in [0.1, 0.15) is 23.6 Å². The number of fused-ring (bicyclic) bond motifs is 1. The first-order chi connectivity index (χ1) is 7.59. The van der Waals surface area contributed by atoms with Crippen LogP contribution in [-0.4, -0.2) is 19.0 Å². The fourth-order valence-corrected chi connectivity index (χ4v) is 1.95. The van der Waals surface area contributed by atoms with Crippen molar-refractivity contribution in [2.24, 2.45) is 0 Å². The van der Waals surface area contributed by atoms with Crippen LogP contribution in [0.3, 0.4) is 0 Å². The molecule has 0 amide bonds. The predicted octanol–water partition coefficient (Wildman–Crippen LogP) is 2.21. The second kappa shape index (κ2) is 4.16. The van der Waals surface area contributed by atoms with Crippen LogP contribution in [0.25, 0.3) is 0 Å². The van der Waals surface area contributed by atoms with Gasteiger partial charge in [-0.1, -0.05) is 0 Å². The second-order valence-electron chi connectivity index (χ2n) is 4.20. The molecular formula is C13H16O3. The monoisotopic (exact) mass is 220 g/mol. The van der Waals surface area contributed by atoms with E-state index in [1.807, 2.05) is 19.9 Å². The largest absolute Gasteiger partial charge is 0.486 e. The molecule has 3 heteroatoms. The standard InChI is InChI=1S/C13H16O3/c1-8-6-12-13(16-5-4-15-12)11(10(8)3)7-9(2)14/h6H,4-5,7H2,1-3H3. The SMILES string of the molecule is CC(=O)Cc1c(C)c(C)cc2c1OCCO2. The maximum absolute atomic E-state index is 11.3. The lowest BCUT2D eigenvalue weighted by Gasteiger charge is -2.23. The van der Waals surface area contributed by atoms with E-state index in [1.54, 1.807) is 6.92 Å². The van der Waals surface area contributed by atoms with Crippen molar-refractivity contribution in [2.75, 3.05) is 13.2 Å². The van der Waals surface area contributed by atoms with E-state index in [2.05, 4.69) is 0 Å². The topological polar surface area (TPSA) is 35.5 Å². The van der Waals surface area contributed by atoms with E-state index in [0.29, 0.717) is 19.6 Å². The molecule has 2 rings (SSSR count). The highest BCUT2D eigenvalue weighted by Gasteiger charge is 2.20. The van der Waals surface area contributed by atoms with E-state index in [1.165, 1.54) is 0 Å². The third-order valence-electron chi connectivity index (χ3n) is 2.90. The number of ketones is 1. The molecule has 1 aromatic rings. The van der Waals surface area contributed by atoms with Crippen molar-refractivity contribution >= 4 is 5.78 Å². The van der Waals surface area contributed by atoms with Crippen LogP contribution in [0, 0.1) is 13.8 Å². The molecule has 0 unspecified atom stereocenters. The van der Waals surface area contributed by atoms with Crippen LogP contribution in [0.15, 0.2) is 6.07 Å². The van der Waals surface area contributed by atoms with Gasteiger partial charge < -0.3 is 9.47 Å². The summed E-state index contributed by atoms with van der Waals surface area (Å²) in [6.07, 6.45) is 0.416. The molecule has 0 bridgehead atoms. The summed E-state index contributed by atoms with van der Waals surface area (Å²) in [6.45, 7) is 6.77. The summed E-state index contributed by atoms with van der Waals surface area (Å²) >= 11 is 0. The molecule has 0 aliphatic carbocycles. The average Bonchev–Trinajstić information content (AvgIpc) is 2.24. The zero-order valence-corrected chi connectivity index (χ0v) is 9.92. The number of aryl methyl sites for hydroxylation is 1. The van der Waals surface area contributed by atoms with Gasteiger partial charge in [0.2, 0.25) is 0 Å². The maximum atomic E-state index is 11.3. The van der Waals surface area contributed by atoms with Crippen molar-refractivity contribution in [3.05, 3.63) is 22.8 Å². The molecule has 1 aromatic carbocycles. The first-order valence-corrected chi connectivity index (χ1v) is 5.47. The lowest BCUT2D eigenvalue weighted by atomic mass is 9.97. The molecule has 86 valence electrons. The Morgan fingerprint density at radius 2 is 2.00 bits per heavy atom. The highest BCUT2D eigenvalue weighted by atomic mass is 16.6. The highest BCUT2D eigenvalue weighted by molar-refractivity contribution is 5.80. The van der Waals surface area contributed by atoms with Gasteiger partial charge in [0.25, 0.3) is 0 Å². The first-order valence-electron chi connectivity index (χ1n) is 5.47. The van der Waals surface area contributed by atoms with Gasteiger partial charge in [-0.05, 0) is 38.0 Å². The van der Waals surface area contributed by atoms with E-state index in [4.69, 9.17) is 9.47 Å². The molecule has 0 spiro atoms. The Bertz CT molecular complexity index is 435. The van der Waals surface area contributed by atoms with Crippen LogP contribution in [0.2, 0.25) is 0 Å². The average molecular weight is 220 g/mol. The zero-order chi connectivity index (χ0) is 11.7. The Hall–Kier alpha value is -1.51. The minimum Gasteiger partial charge on any atom is -0.486 e. The number of Topliss-reactive ketones (excluding diaryl/α,β-unsaturated/α-hetero) is 1. The van der Waals surface area contributed by atoms with Crippen LogP contribution in [0.5, 0.6) is 11.5 Å². The molecule has 1 aliphatic heterocycles. The third-order valence-corrected chi connectivity index (χ3v) is 2.90. The van der Waals surface area contributed by atoms with Crippen molar-refractivity contribution in [3.63, 3.8) is 0 Å². The molecule has 0 saturated carbocycles. The van der Waals surface area contributed by atoms with Gasteiger partial charge in [0, 0.05) is 12.0 Å².